The monoisotopic (exact) mass is 251 g/mol. The van der Waals surface area contributed by atoms with Crippen LogP contribution in [0.1, 0.15) is 45.9 Å². The first-order chi connectivity index (χ1) is 8.65. The zero-order valence-corrected chi connectivity index (χ0v) is 11.9. The molecule has 3 N–H and O–H groups in total. The highest BCUT2D eigenvalue weighted by Gasteiger charge is 2.14. The van der Waals surface area contributed by atoms with Crippen LogP contribution < -0.4 is 16.2 Å². The zero-order valence-electron chi connectivity index (χ0n) is 11.9. The molecule has 0 aromatic carbocycles. The van der Waals surface area contributed by atoms with Crippen LogP contribution in [0.25, 0.3) is 0 Å². The Balaban J connectivity index is 3.02. The van der Waals surface area contributed by atoms with Crippen molar-refractivity contribution in [3.63, 3.8) is 0 Å². The smallest absolute Gasteiger partial charge is 0.145 e. The molecule has 0 atom stereocenters. The largest absolute Gasteiger partial charge is 0.357 e. The van der Waals surface area contributed by atoms with E-state index in [0.717, 1.165) is 37.3 Å². The van der Waals surface area contributed by atoms with Crippen molar-refractivity contribution in [2.75, 3.05) is 17.4 Å². The molecule has 1 aromatic rings. The summed E-state index contributed by atoms with van der Waals surface area (Å²) in [5.74, 6) is 7.94. The van der Waals surface area contributed by atoms with Gasteiger partial charge in [-0.3, -0.25) is 0 Å². The maximum atomic E-state index is 5.47. The first-order valence-corrected chi connectivity index (χ1v) is 6.73. The predicted molar refractivity (Wildman–Crippen MR) is 76.6 cm³/mol. The van der Waals surface area contributed by atoms with Crippen LogP contribution in [0.2, 0.25) is 0 Å². The van der Waals surface area contributed by atoms with Gasteiger partial charge in [-0.1, -0.05) is 20.8 Å². The lowest BCUT2D eigenvalue weighted by Gasteiger charge is -2.27. The quantitative estimate of drug-likeness (QED) is 0.575. The molecular formula is C13H25N5. The maximum Gasteiger partial charge on any atom is 0.145 e. The Labute approximate surface area is 110 Å². The lowest BCUT2D eigenvalue weighted by atomic mass is 10.1. The van der Waals surface area contributed by atoms with E-state index in [1.807, 2.05) is 6.07 Å². The molecule has 18 heavy (non-hydrogen) atoms. The average molecular weight is 251 g/mol. The molecule has 1 rings (SSSR count). The molecule has 0 unspecified atom stereocenters. The molecule has 0 aliphatic heterocycles. The highest BCUT2D eigenvalue weighted by atomic mass is 15.3. The van der Waals surface area contributed by atoms with E-state index >= 15 is 0 Å². The van der Waals surface area contributed by atoms with Crippen LogP contribution in [0.15, 0.2) is 6.07 Å². The summed E-state index contributed by atoms with van der Waals surface area (Å²) in [6.45, 7) is 6.51. The van der Waals surface area contributed by atoms with E-state index in [1.165, 1.54) is 0 Å². The van der Waals surface area contributed by atoms with Gasteiger partial charge in [0.1, 0.15) is 17.5 Å². The number of aryl methyl sites for hydroxylation is 1. The van der Waals surface area contributed by atoms with Crippen LogP contribution in [0.3, 0.4) is 0 Å². The van der Waals surface area contributed by atoms with Gasteiger partial charge in [0.2, 0.25) is 0 Å². The maximum absolute atomic E-state index is 5.47. The summed E-state index contributed by atoms with van der Waals surface area (Å²) in [5.41, 5.74) is 2.62. The molecule has 0 bridgehead atoms. The van der Waals surface area contributed by atoms with E-state index in [1.54, 1.807) is 0 Å². The predicted octanol–water partition coefficient (Wildman–Crippen LogP) is 2.34. The highest BCUT2D eigenvalue weighted by molar-refractivity contribution is 5.49. The highest BCUT2D eigenvalue weighted by Crippen LogP contribution is 2.19. The number of nitrogen functional groups attached to an aromatic ring is 1. The van der Waals surface area contributed by atoms with Crippen LogP contribution in [0, 0.1) is 0 Å². The van der Waals surface area contributed by atoms with E-state index in [-0.39, 0.29) is 0 Å². The molecule has 102 valence electrons. The minimum absolute atomic E-state index is 0.500. The van der Waals surface area contributed by atoms with E-state index in [4.69, 9.17) is 5.84 Å². The van der Waals surface area contributed by atoms with Gasteiger partial charge in [-0.25, -0.2) is 15.8 Å². The molecule has 0 amide bonds. The zero-order chi connectivity index (χ0) is 13.5. The summed E-state index contributed by atoms with van der Waals surface area (Å²) >= 11 is 0. The third-order valence-electron chi connectivity index (χ3n) is 3.23. The molecule has 0 fully saturated rings. The summed E-state index contributed by atoms with van der Waals surface area (Å²) in [6.07, 6.45) is 4.11. The fourth-order valence-corrected chi connectivity index (χ4v) is 2.10. The minimum Gasteiger partial charge on any atom is -0.357 e. The number of nitrogens with one attached hydrogen (secondary N) is 1. The molecule has 0 spiro atoms. The number of nitrogens with two attached hydrogens (primary N) is 1. The standard InChI is InChI=1S/C13H25N5/c1-5-8-11-15-12(17-14)9-13(16-11)18(4)10(6-2)7-3/h9-10H,5-8,14H2,1-4H3,(H,15,16,17). The molecule has 0 aliphatic carbocycles. The van der Waals surface area contributed by atoms with Gasteiger partial charge in [0.05, 0.1) is 0 Å². The van der Waals surface area contributed by atoms with Gasteiger partial charge in [0.25, 0.3) is 0 Å². The Morgan fingerprint density at radius 2 is 1.94 bits per heavy atom. The normalized spacial score (nSPS) is 10.8. The minimum atomic E-state index is 0.500. The van der Waals surface area contributed by atoms with Crippen molar-refractivity contribution >= 4 is 11.6 Å². The Morgan fingerprint density at radius 3 is 2.44 bits per heavy atom. The van der Waals surface area contributed by atoms with Crippen LogP contribution >= 0.6 is 0 Å². The van der Waals surface area contributed by atoms with Crippen LogP contribution in [-0.2, 0) is 6.42 Å². The number of anilines is 2. The van der Waals surface area contributed by atoms with Gasteiger partial charge < -0.3 is 10.3 Å². The van der Waals surface area contributed by atoms with Crippen LogP contribution in [-0.4, -0.2) is 23.1 Å². The second-order valence-corrected chi connectivity index (χ2v) is 4.50. The van der Waals surface area contributed by atoms with Crippen LogP contribution in [0.4, 0.5) is 11.6 Å². The van der Waals surface area contributed by atoms with E-state index < -0.39 is 0 Å². The molecule has 1 aromatic heterocycles. The van der Waals surface area contributed by atoms with Gasteiger partial charge in [-0.15, -0.1) is 0 Å². The first-order valence-electron chi connectivity index (χ1n) is 6.73. The lowest BCUT2D eigenvalue weighted by molar-refractivity contribution is 0.585. The summed E-state index contributed by atoms with van der Waals surface area (Å²) in [5, 5.41) is 0. The van der Waals surface area contributed by atoms with Gasteiger partial charge in [0.15, 0.2) is 0 Å². The van der Waals surface area contributed by atoms with Gasteiger partial charge in [0, 0.05) is 25.6 Å². The third kappa shape index (κ3) is 3.57. The Morgan fingerprint density at radius 1 is 1.28 bits per heavy atom. The third-order valence-corrected chi connectivity index (χ3v) is 3.23. The molecule has 0 saturated heterocycles. The van der Waals surface area contributed by atoms with Gasteiger partial charge >= 0.3 is 0 Å². The van der Waals surface area contributed by atoms with Crippen molar-refractivity contribution in [3.8, 4) is 0 Å². The molecule has 5 heteroatoms. The number of hydrazine groups is 1. The van der Waals surface area contributed by atoms with Crippen LogP contribution in [0.5, 0.6) is 0 Å². The summed E-state index contributed by atoms with van der Waals surface area (Å²) in [6, 6.07) is 2.40. The van der Waals surface area contributed by atoms with E-state index in [2.05, 4.69) is 48.1 Å². The Bertz CT molecular complexity index is 362. The number of nitrogens with zero attached hydrogens (tertiary/aromatic N) is 3. The lowest BCUT2D eigenvalue weighted by Crippen LogP contribution is -2.31. The molecule has 0 aliphatic rings. The van der Waals surface area contributed by atoms with E-state index in [0.29, 0.717) is 11.9 Å². The fourth-order valence-electron chi connectivity index (χ4n) is 2.10. The fraction of sp³-hybridized carbons (Fsp3) is 0.692. The van der Waals surface area contributed by atoms with Gasteiger partial charge in [-0.05, 0) is 19.3 Å². The van der Waals surface area contributed by atoms with Crippen molar-refractivity contribution in [2.24, 2.45) is 5.84 Å². The second kappa shape index (κ2) is 7.16. The van der Waals surface area contributed by atoms with Crippen molar-refractivity contribution in [2.45, 2.75) is 52.5 Å². The topological polar surface area (TPSA) is 67.1 Å². The summed E-state index contributed by atoms with van der Waals surface area (Å²) in [7, 11) is 2.08. The second-order valence-electron chi connectivity index (χ2n) is 4.50. The number of aromatic nitrogens is 2. The van der Waals surface area contributed by atoms with Crippen molar-refractivity contribution in [3.05, 3.63) is 11.9 Å². The van der Waals surface area contributed by atoms with Gasteiger partial charge in [-0.2, -0.15) is 0 Å². The Hall–Kier alpha value is -1.36. The number of hydrogen-bond donors (Lipinski definition) is 2. The SMILES string of the molecule is CCCc1nc(NN)cc(N(C)C(CC)CC)n1. The van der Waals surface area contributed by atoms with Crippen molar-refractivity contribution in [1.82, 2.24) is 9.97 Å². The molecule has 5 nitrogen and oxygen atoms in total. The number of hydrogen-bond acceptors (Lipinski definition) is 5. The van der Waals surface area contributed by atoms with Crippen molar-refractivity contribution in [1.29, 1.82) is 0 Å². The molecular weight excluding hydrogens is 226 g/mol. The Kier molecular flexibility index (Phi) is 5.85. The summed E-state index contributed by atoms with van der Waals surface area (Å²) < 4.78 is 0. The molecule has 1 heterocycles. The number of rotatable bonds is 7. The van der Waals surface area contributed by atoms with E-state index in [9.17, 15) is 0 Å². The molecule has 0 radical (unpaired) electrons. The first kappa shape index (κ1) is 14.7. The van der Waals surface area contributed by atoms with Crippen molar-refractivity contribution < 1.29 is 0 Å². The summed E-state index contributed by atoms with van der Waals surface area (Å²) in [4.78, 5) is 11.2. The average Bonchev–Trinajstić information content (AvgIpc) is 2.40. The molecule has 0 saturated carbocycles.